The predicted octanol–water partition coefficient (Wildman–Crippen LogP) is -0.111. The molecule has 27 heavy (non-hydrogen) atoms. The van der Waals surface area contributed by atoms with Gasteiger partial charge in [0.05, 0.1) is 24.9 Å². The molecule has 3 atom stereocenters. The molecule has 2 rings (SSSR count). The van der Waals surface area contributed by atoms with Crippen LogP contribution in [-0.4, -0.2) is 67.4 Å². The third kappa shape index (κ3) is 6.22. The lowest BCUT2D eigenvalue weighted by molar-refractivity contribution is -0.353. The van der Waals surface area contributed by atoms with E-state index in [9.17, 15) is 27.6 Å². The zero-order valence-corrected chi connectivity index (χ0v) is 14.2. The van der Waals surface area contributed by atoms with Crippen LogP contribution in [0, 0.1) is 5.92 Å². The number of hydrazine groups is 1. The Labute approximate surface area is 151 Å². The predicted molar refractivity (Wildman–Crippen MR) is 80.0 cm³/mol. The molecule has 0 spiro atoms. The van der Waals surface area contributed by atoms with Gasteiger partial charge in [-0.1, -0.05) is 0 Å². The van der Waals surface area contributed by atoms with Gasteiger partial charge in [-0.2, -0.15) is 0 Å². The Hall–Kier alpha value is -2.12. The lowest BCUT2D eigenvalue weighted by atomic mass is 9.82. The van der Waals surface area contributed by atoms with Crippen molar-refractivity contribution in [2.75, 3.05) is 13.7 Å². The molecular formula is C14H20F3N3O7. The maximum absolute atomic E-state index is 12.1. The smallest absolute Gasteiger partial charge is 0.465 e. The first-order valence-corrected chi connectivity index (χ1v) is 8.07. The number of carbonyl (C=O) groups excluding carboxylic acids is 2. The van der Waals surface area contributed by atoms with Gasteiger partial charge in [0.15, 0.2) is 6.10 Å². The number of rotatable bonds is 5. The zero-order chi connectivity index (χ0) is 20.2. The molecule has 0 aromatic heterocycles. The molecule has 0 aromatic carbocycles. The number of carboxylic acid groups (broad SMARTS) is 1. The molecule has 4 N–H and O–H groups in total. The van der Waals surface area contributed by atoms with Crippen LogP contribution in [0.5, 0.6) is 0 Å². The van der Waals surface area contributed by atoms with Gasteiger partial charge in [-0.25, -0.2) is 4.79 Å². The molecule has 2 fully saturated rings. The highest BCUT2D eigenvalue weighted by atomic mass is 19.4. The summed E-state index contributed by atoms with van der Waals surface area (Å²) in [6, 6.07) is -0.549. The van der Waals surface area contributed by atoms with Gasteiger partial charge in [0.25, 0.3) is 5.91 Å². The van der Waals surface area contributed by atoms with Crippen molar-refractivity contribution in [3.05, 3.63) is 0 Å². The van der Waals surface area contributed by atoms with E-state index in [4.69, 9.17) is 14.6 Å². The molecule has 0 bridgehead atoms. The normalized spacial score (nSPS) is 30.7. The summed E-state index contributed by atoms with van der Waals surface area (Å²) in [6.07, 6.45) is -8.91. The Kier molecular flexibility index (Phi) is 6.84. The van der Waals surface area contributed by atoms with E-state index in [0.29, 0.717) is 0 Å². The Bertz CT molecular complexity index is 569. The third-order valence-corrected chi connectivity index (χ3v) is 4.30. The minimum Gasteiger partial charge on any atom is -0.465 e. The molecule has 1 aliphatic carbocycles. The number of carbonyl (C=O) groups is 3. The molecule has 1 saturated heterocycles. The zero-order valence-electron chi connectivity index (χ0n) is 14.2. The van der Waals surface area contributed by atoms with Crippen LogP contribution >= 0.6 is 0 Å². The summed E-state index contributed by atoms with van der Waals surface area (Å²) >= 11 is 0. The number of nitrogens with one attached hydrogen (secondary N) is 3. The minimum atomic E-state index is -4.75. The maximum atomic E-state index is 12.1. The lowest BCUT2D eigenvalue weighted by Gasteiger charge is -2.35. The fourth-order valence-corrected chi connectivity index (χ4v) is 2.90. The second-order valence-corrected chi connectivity index (χ2v) is 6.24. The molecule has 2 aliphatic rings. The molecule has 0 aromatic rings. The van der Waals surface area contributed by atoms with Gasteiger partial charge < -0.3 is 19.9 Å². The van der Waals surface area contributed by atoms with E-state index >= 15 is 0 Å². The van der Waals surface area contributed by atoms with E-state index < -0.39 is 54.5 Å². The van der Waals surface area contributed by atoms with Crippen LogP contribution in [0.3, 0.4) is 0 Å². The summed E-state index contributed by atoms with van der Waals surface area (Å²) in [6.45, 7) is -0.0583. The molecule has 3 amide bonds. The number of hydrogen-bond acceptors (Lipinski definition) is 6. The summed E-state index contributed by atoms with van der Waals surface area (Å²) < 4.78 is 50.3. The van der Waals surface area contributed by atoms with E-state index in [1.807, 2.05) is 0 Å². The second kappa shape index (κ2) is 8.71. The van der Waals surface area contributed by atoms with Gasteiger partial charge in [-0.05, 0) is 19.3 Å². The number of halogens is 3. The van der Waals surface area contributed by atoms with Gasteiger partial charge in [0, 0.05) is 13.0 Å². The highest BCUT2D eigenvalue weighted by molar-refractivity contribution is 5.86. The van der Waals surface area contributed by atoms with Crippen molar-refractivity contribution in [2.24, 2.45) is 5.92 Å². The van der Waals surface area contributed by atoms with Crippen molar-refractivity contribution in [1.82, 2.24) is 16.2 Å². The van der Waals surface area contributed by atoms with Gasteiger partial charge in [0.2, 0.25) is 5.91 Å². The third-order valence-electron chi connectivity index (χ3n) is 4.30. The highest BCUT2D eigenvalue weighted by Crippen LogP contribution is 2.34. The quantitative estimate of drug-likeness (QED) is 0.474. The number of amides is 3. The van der Waals surface area contributed by atoms with Crippen LogP contribution < -0.4 is 16.2 Å². The van der Waals surface area contributed by atoms with Crippen molar-refractivity contribution in [1.29, 1.82) is 0 Å². The summed E-state index contributed by atoms with van der Waals surface area (Å²) in [7, 11) is 1.32. The fourth-order valence-electron chi connectivity index (χ4n) is 2.90. The molecule has 1 saturated carbocycles. The second-order valence-electron chi connectivity index (χ2n) is 6.24. The topological polar surface area (TPSA) is 135 Å². The molecule has 1 unspecified atom stereocenters. The summed E-state index contributed by atoms with van der Waals surface area (Å²) in [5, 5.41) is 10.9. The van der Waals surface area contributed by atoms with E-state index in [1.165, 1.54) is 7.11 Å². The van der Waals surface area contributed by atoms with Crippen LogP contribution in [0.4, 0.5) is 18.0 Å². The molecule has 13 heteroatoms. The minimum absolute atomic E-state index is 0.0583. The van der Waals surface area contributed by atoms with Crippen LogP contribution in [0.15, 0.2) is 0 Å². The van der Waals surface area contributed by atoms with Gasteiger partial charge in [-0.3, -0.25) is 25.2 Å². The first-order chi connectivity index (χ1) is 12.6. The van der Waals surface area contributed by atoms with E-state index in [2.05, 4.69) is 20.9 Å². The molecule has 1 aliphatic heterocycles. The highest BCUT2D eigenvalue weighted by Gasteiger charge is 2.43. The van der Waals surface area contributed by atoms with Gasteiger partial charge in [-0.15, -0.1) is 13.2 Å². The number of alkyl halides is 3. The van der Waals surface area contributed by atoms with Crippen molar-refractivity contribution in [3.63, 3.8) is 0 Å². The Morgan fingerprint density at radius 2 is 1.74 bits per heavy atom. The average Bonchev–Trinajstić information content (AvgIpc) is 2.53. The van der Waals surface area contributed by atoms with Gasteiger partial charge >= 0.3 is 12.5 Å². The van der Waals surface area contributed by atoms with E-state index in [1.54, 1.807) is 0 Å². The largest absolute Gasteiger partial charge is 0.522 e. The van der Waals surface area contributed by atoms with Crippen molar-refractivity contribution >= 4 is 17.9 Å². The van der Waals surface area contributed by atoms with Crippen LogP contribution in [0.2, 0.25) is 0 Å². The van der Waals surface area contributed by atoms with E-state index in [-0.39, 0.29) is 25.9 Å². The van der Waals surface area contributed by atoms with Crippen LogP contribution in [0.1, 0.15) is 19.3 Å². The molecule has 154 valence electrons. The summed E-state index contributed by atoms with van der Waals surface area (Å²) in [5.74, 6) is -2.06. The molecular weight excluding hydrogens is 379 g/mol. The molecule has 1 heterocycles. The van der Waals surface area contributed by atoms with Crippen molar-refractivity contribution in [3.8, 4) is 0 Å². The standard InChI is InChI=1S/C14H20F3N3O7/c1-25-9-4-7(18-13(23)24)5-26-10(9)12(22)20-19-11(21)6-2-8(3-6)27-14(15,16)17/h6-10,18H,2-5H2,1H3,(H,19,21)(H,20,22)(H,23,24)/t6?,7-,8?,9?,10+/m1/s1. The monoisotopic (exact) mass is 399 g/mol. The molecule has 10 nitrogen and oxygen atoms in total. The number of ether oxygens (including phenoxy) is 3. The van der Waals surface area contributed by atoms with Crippen molar-refractivity contribution in [2.45, 2.75) is 50.0 Å². The Morgan fingerprint density at radius 1 is 1.11 bits per heavy atom. The summed E-state index contributed by atoms with van der Waals surface area (Å²) in [4.78, 5) is 34.6. The van der Waals surface area contributed by atoms with Crippen LogP contribution in [-0.2, 0) is 23.8 Å². The maximum Gasteiger partial charge on any atom is 0.522 e. The average molecular weight is 399 g/mol. The number of hydrogen-bond donors (Lipinski definition) is 4. The Balaban J connectivity index is 1.74. The van der Waals surface area contributed by atoms with Crippen molar-refractivity contribution < 1.29 is 46.9 Å². The lowest BCUT2D eigenvalue weighted by Crippen LogP contribution is -2.58. The SMILES string of the molecule is COC1C[C@@H](NC(=O)O)CO[C@@H]1C(=O)NNC(=O)C1CC(OC(F)(F)F)C1. The first-order valence-electron chi connectivity index (χ1n) is 8.07. The van der Waals surface area contributed by atoms with E-state index in [0.717, 1.165) is 0 Å². The van der Waals surface area contributed by atoms with Gasteiger partial charge in [0.1, 0.15) is 0 Å². The first kappa shape index (κ1) is 21.2. The van der Waals surface area contributed by atoms with Crippen LogP contribution in [0.25, 0.3) is 0 Å². The number of methoxy groups -OCH3 is 1. The summed E-state index contributed by atoms with van der Waals surface area (Å²) in [5.41, 5.74) is 4.27. The Morgan fingerprint density at radius 3 is 2.30 bits per heavy atom. The fraction of sp³-hybridized carbons (Fsp3) is 0.786. The molecule has 0 radical (unpaired) electrons.